The summed E-state index contributed by atoms with van der Waals surface area (Å²) in [5.41, 5.74) is 8.63. The second-order valence-electron chi connectivity index (χ2n) is 4.26. The Kier molecular flexibility index (Phi) is 3.92. The Labute approximate surface area is 107 Å². The fourth-order valence-corrected chi connectivity index (χ4v) is 2.97. The monoisotopic (exact) mass is 246 g/mol. The summed E-state index contributed by atoms with van der Waals surface area (Å²) >= 11 is 1.87. The summed E-state index contributed by atoms with van der Waals surface area (Å²) in [6.07, 6.45) is 5.71. The molecule has 3 heteroatoms. The molecule has 2 aromatic heterocycles. The molecule has 0 spiro atoms. The van der Waals surface area contributed by atoms with Crippen molar-refractivity contribution in [2.24, 2.45) is 5.73 Å². The summed E-state index contributed by atoms with van der Waals surface area (Å²) in [7, 11) is 0. The van der Waals surface area contributed by atoms with Crippen LogP contribution in [-0.4, -0.2) is 4.98 Å². The average molecular weight is 246 g/mol. The Bertz CT molecular complexity index is 490. The van der Waals surface area contributed by atoms with Gasteiger partial charge in [0.15, 0.2) is 0 Å². The highest BCUT2D eigenvalue weighted by Crippen LogP contribution is 2.24. The van der Waals surface area contributed by atoms with Gasteiger partial charge in [-0.25, -0.2) is 0 Å². The highest BCUT2D eigenvalue weighted by molar-refractivity contribution is 7.11. The van der Waals surface area contributed by atoms with Gasteiger partial charge in [-0.15, -0.1) is 11.3 Å². The van der Waals surface area contributed by atoms with Gasteiger partial charge in [0.2, 0.25) is 0 Å². The van der Waals surface area contributed by atoms with E-state index in [1.165, 1.54) is 20.9 Å². The van der Waals surface area contributed by atoms with E-state index in [4.69, 9.17) is 5.73 Å². The van der Waals surface area contributed by atoms with Gasteiger partial charge in [0.25, 0.3) is 0 Å². The van der Waals surface area contributed by atoms with E-state index >= 15 is 0 Å². The first-order valence-electron chi connectivity index (χ1n) is 5.94. The number of aryl methyl sites for hydroxylation is 2. The molecule has 0 saturated heterocycles. The number of pyridine rings is 1. The van der Waals surface area contributed by atoms with Crippen LogP contribution in [0.4, 0.5) is 0 Å². The van der Waals surface area contributed by atoms with Crippen molar-refractivity contribution in [3.8, 4) is 0 Å². The van der Waals surface area contributed by atoms with Gasteiger partial charge >= 0.3 is 0 Å². The van der Waals surface area contributed by atoms with E-state index in [0.29, 0.717) is 0 Å². The Morgan fingerprint density at radius 3 is 2.71 bits per heavy atom. The maximum absolute atomic E-state index is 6.26. The minimum Gasteiger partial charge on any atom is -0.324 e. The molecule has 2 heterocycles. The van der Waals surface area contributed by atoms with Crippen LogP contribution in [0.3, 0.4) is 0 Å². The number of aromatic nitrogens is 1. The number of thiophene rings is 1. The van der Waals surface area contributed by atoms with Gasteiger partial charge in [0.05, 0.1) is 0 Å². The molecule has 2 rings (SSSR count). The first-order chi connectivity index (χ1) is 8.20. The van der Waals surface area contributed by atoms with Crippen LogP contribution in [0.2, 0.25) is 0 Å². The van der Waals surface area contributed by atoms with Crippen LogP contribution in [0.25, 0.3) is 0 Å². The van der Waals surface area contributed by atoms with Gasteiger partial charge in [-0.1, -0.05) is 6.92 Å². The zero-order valence-electron chi connectivity index (χ0n) is 10.3. The third kappa shape index (κ3) is 2.93. The van der Waals surface area contributed by atoms with Crippen LogP contribution in [0, 0.1) is 6.92 Å². The molecule has 0 saturated carbocycles. The molecule has 1 unspecified atom stereocenters. The van der Waals surface area contributed by atoms with Gasteiger partial charge in [-0.2, -0.15) is 0 Å². The van der Waals surface area contributed by atoms with E-state index in [-0.39, 0.29) is 6.04 Å². The van der Waals surface area contributed by atoms with Crippen molar-refractivity contribution in [1.29, 1.82) is 0 Å². The van der Waals surface area contributed by atoms with Crippen molar-refractivity contribution in [1.82, 2.24) is 4.98 Å². The number of hydrogen-bond acceptors (Lipinski definition) is 3. The minimum atomic E-state index is 0.0707. The number of rotatable bonds is 4. The van der Waals surface area contributed by atoms with Gasteiger partial charge in [0.1, 0.15) is 0 Å². The van der Waals surface area contributed by atoms with Gasteiger partial charge in [-0.05, 0) is 42.7 Å². The highest BCUT2D eigenvalue weighted by Gasteiger charge is 2.10. The van der Waals surface area contributed by atoms with Crippen molar-refractivity contribution in [2.75, 3.05) is 0 Å². The smallest absolute Gasteiger partial charge is 0.0347 e. The molecule has 0 aliphatic heterocycles. The molecule has 0 amide bonds. The third-order valence-corrected chi connectivity index (χ3v) is 4.20. The second-order valence-corrected chi connectivity index (χ2v) is 5.52. The van der Waals surface area contributed by atoms with E-state index in [0.717, 1.165) is 12.8 Å². The fraction of sp³-hybridized carbons (Fsp3) is 0.357. The first-order valence-corrected chi connectivity index (χ1v) is 6.76. The molecule has 90 valence electrons. The van der Waals surface area contributed by atoms with Crippen molar-refractivity contribution in [2.45, 2.75) is 32.7 Å². The van der Waals surface area contributed by atoms with Gasteiger partial charge < -0.3 is 5.73 Å². The first kappa shape index (κ1) is 12.3. The van der Waals surface area contributed by atoms with Crippen LogP contribution in [0.5, 0.6) is 0 Å². The van der Waals surface area contributed by atoms with Crippen molar-refractivity contribution < 1.29 is 0 Å². The Morgan fingerprint density at radius 2 is 2.06 bits per heavy atom. The van der Waals surface area contributed by atoms with Crippen molar-refractivity contribution >= 4 is 11.3 Å². The molecule has 1 atom stereocenters. The molecule has 0 bridgehead atoms. The lowest BCUT2D eigenvalue weighted by molar-refractivity contribution is 0.722. The molecule has 2 aromatic rings. The van der Waals surface area contributed by atoms with Crippen LogP contribution in [-0.2, 0) is 12.8 Å². The lowest BCUT2D eigenvalue weighted by Gasteiger charge is -2.13. The summed E-state index contributed by atoms with van der Waals surface area (Å²) in [5.74, 6) is 0. The lowest BCUT2D eigenvalue weighted by Crippen LogP contribution is -2.14. The molecule has 0 aliphatic rings. The summed E-state index contributed by atoms with van der Waals surface area (Å²) < 4.78 is 0. The van der Waals surface area contributed by atoms with Gasteiger partial charge in [-0.3, -0.25) is 4.98 Å². The summed E-state index contributed by atoms with van der Waals surface area (Å²) in [5, 5.41) is 0. The predicted octanol–water partition coefficient (Wildman–Crippen LogP) is 3.26. The standard InChI is InChI=1S/C14H18N2S/c1-3-11-4-5-12(17-11)8-14(15)13-6-7-16-9-10(13)2/h4-7,9,14H,3,8,15H2,1-2H3. The molecule has 2 N–H and O–H groups in total. The Balaban J connectivity index is 2.11. The molecule has 0 fully saturated rings. The molecular formula is C14H18N2S. The third-order valence-electron chi connectivity index (χ3n) is 2.95. The topological polar surface area (TPSA) is 38.9 Å². The second kappa shape index (κ2) is 5.43. The lowest BCUT2D eigenvalue weighted by atomic mass is 10.0. The Morgan fingerprint density at radius 1 is 1.29 bits per heavy atom. The van der Waals surface area contributed by atoms with Crippen molar-refractivity contribution in [3.05, 3.63) is 51.5 Å². The van der Waals surface area contributed by atoms with Crippen LogP contribution in [0.1, 0.15) is 33.8 Å². The minimum absolute atomic E-state index is 0.0707. The predicted molar refractivity (Wildman–Crippen MR) is 73.3 cm³/mol. The fourth-order valence-electron chi connectivity index (χ4n) is 1.95. The van der Waals surface area contributed by atoms with Crippen LogP contribution in [0.15, 0.2) is 30.6 Å². The number of hydrogen-bond donors (Lipinski definition) is 1. The van der Waals surface area contributed by atoms with Crippen LogP contribution >= 0.6 is 11.3 Å². The Hall–Kier alpha value is -1.19. The van der Waals surface area contributed by atoms with E-state index in [9.17, 15) is 0 Å². The van der Waals surface area contributed by atoms with Crippen molar-refractivity contribution in [3.63, 3.8) is 0 Å². The largest absolute Gasteiger partial charge is 0.324 e. The molecule has 17 heavy (non-hydrogen) atoms. The van der Waals surface area contributed by atoms with E-state index in [2.05, 4.69) is 31.0 Å². The summed E-state index contributed by atoms with van der Waals surface area (Å²) in [6.45, 7) is 4.25. The van der Waals surface area contributed by atoms with E-state index in [1.807, 2.05) is 29.8 Å². The molecule has 0 aromatic carbocycles. The van der Waals surface area contributed by atoms with E-state index < -0.39 is 0 Å². The highest BCUT2D eigenvalue weighted by atomic mass is 32.1. The summed E-state index contributed by atoms with van der Waals surface area (Å²) in [4.78, 5) is 6.89. The van der Waals surface area contributed by atoms with E-state index in [1.54, 1.807) is 0 Å². The maximum atomic E-state index is 6.26. The normalized spacial score (nSPS) is 12.6. The molecule has 0 aliphatic carbocycles. The maximum Gasteiger partial charge on any atom is 0.0347 e. The quantitative estimate of drug-likeness (QED) is 0.899. The van der Waals surface area contributed by atoms with Gasteiger partial charge in [0, 0.05) is 34.6 Å². The SMILES string of the molecule is CCc1ccc(CC(N)c2ccncc2C)s1. The number of nitrogens with two attached hydrogens (primary N) is 1. The number of nitrogens with zero attached hydrogens (tertiary/aromatic N) is 1. The summed E-state index contributed by atoms with van der Waals surface area (Å²) in [6, 6.07) is 6.49. The molecular weight excluding hydrogens is 228 g/mol. The zero-order valence-corrected chi connectivity index (χ0v) is 11.1. The molecule has 2 nitrogen and oxygen atoms in total. The molecule has 0 radical (unpaired) electrons. The van der Waals surface area contributed by atoms with Crippen LogP contribution < -0.4 is 5.73 Å². The average Bonchev–Trinajstić information content (AvgIpc) is 2.77. The zero-order chi connectivity index (χ0) is 12.3.